The van der Waals surface area contributed by atoms with Crippen molar-refractivity contribution >= 4 is 17.5 Å². The van der Waals surface area contributed by atoms with Gasteiger partial charge in [0.05, 0.1) is 13.2 Å². The Hall–Kier alpha value is -1.85. The second-order valence-corrected chi connectivity index (χ2v) is 6.45. The monoisotopic (exact) mass is 349 g/mol. The largest absolute Gasteiger partial charge is 0.383 e. The second kappa shape index (κ2) is 8.85. The van der Waals surface area contributed by atoms with Crippen LogP contribution in [0.3, 0.4) is 0 Å². The lowest BCUT2D eigenvalue weighted by molar-refractivity contribution is -0.135. The first-order valence-electron chi connectivity index (χ1n) is 8.03. The highest BCUT2D eigenvalue weighted by Crippen LogP contribution is 2.14. The molecule has 1 amide bonds. The van der Waals surface area contributed by atoms with Gasteiger partial charge in [-0.3, -0.25) is 4.79 Å². The molecule has 5 nitrogen and oxygen atoms in total. The molecule has 2 rings (SSSR count). The number of aromatic nitrogens is 2. The van der Waals surface area contributed by atoms with E-state index in [1.165, 1.54) is 0 Å². The van der Waals surface area contributed by atoms with Crippen molar-refractivity contribution in [2.24, 2.45) is 5.92 Å². The van der Waals surface area contributed by atoms with Crippen molar-refractivity contribution in [3.05, 3.63) is 53.1 Å². The van der Waals surface area contributed by atoms with Gasteiger partial charge in [0.1, 0.15) is 5.82 Å². The number of rotatable bonds is 8. The predicted octanol–water partition coefficient (Wildman–Crippen LogP) is 3.22. The first-order chi connectivity index (χ1) is 11.5. The number of benzene rings is 1. The molecule has 0 aliphatic heterocycles. The zero-order valence-electron chi connectivity index (χ0n) is 14.4. The Morgan fingerprint density at radius 3 is 2.88 bits per heavy atom. The first kappa shape index (κ1) is 18.5. The van der Waals surface area contributed by atoms with Gasteiger partial charge in [0.2, 0.25) is 5.91 Å². The quantitative estimate of drug-likeness (QED) is 0.735. The molecule has 24 heavy (non-hydrogen) atoms. The van der Waals surface area contributed by atoms with Crippen LogP contribution in [0, 0.1) is 5.92 Å². The number of amides is 1. The molecule has 1 heterocycles. The molecule has 1 aromatic carbocycles. The number of carbonyl (C=O) groups is 1. The molecule has 0 saturated carbocycles. The second-order valence-electron chi connectivity index (χ2n) is 6.01. The predicted molar refractivity (Wildman–Crippen MR) is 94.9 cm³/mol. The fourth-order valence-corrected chi connectivity index (χ4v) is 2.69. The standard InChI is InChI=1S/C18H24ClN3O2/c1-14(2)18(23)22(9-10-24-3)13-17-20-7-8-21(17)12-15-5-4-6-16(19)11-15/h4-8,11,14H,9-10,12-13H2,1-3H3. The Bertz CT molecular complexity index is 670. The SMILES string of the molecule is COCCN(Cc1nccn1Cc1cccc(Cl)c1)C(=O)C(C)C. The van der Waals surface area contributed by atoms with Gasteiger partial charge in [-0.25, -0.2) is 4.98 Å². The maximum atomic E-state index is 12.4. The molecule has 0 radical (unpaired) electrons. The van der Waals surface area contributed by atoms with Crippen LogP contribution < -0.4 is 0 Å². The van der Waals surface area contributed by atoms with Crippen LogP contribution in [0.4, 0.5) is 0 Å². The summed E-state index contributed by atoms with van der Waals surface area (Å²) in [6.45, 7) is 6.00. The minimum absolute atomic E-state index is 0.0572. The maximum Gasteiger partial charge on any atom is 0.225 e. The third-order valence-electron chi connectivity index (χ3n) is 3.75. The molecule has 0 bridgehead atoms. The van der Waals surface area contributed by atoms with Gasteiger partial charge in [-0.2, -0.15) is 0 Å². The maximum absolute atomic E-state index is 12.4. The van der Waals surface area contributed by atoms with Crippen LogP contribution >= 0.6 is 11.6 Å². The Labute approximate surface area is 148 Å². The topological polar surface area (TPSA) is 47.4 Å². The lowest BCUT2D eigenvalue weighted by Crippen LogP contribution is -2.37. The highest BCUT2D eigenvalue weighted by Gasteiger charge is 2.19. The van der Waals surface area contributed by atoms with Gasteiger partial charge in [0.15, 0.2) is 0 Å². The molecule has 0 aliphatic rings. The summed E-state index contributed by atoms with van der Waals surface area (Å²) in [7, 11) is 1.64. The molecule has 0 atom stereocenters. The van der Waals surface area contributed by atoms with E-state index in [1.54, 1.807) is 18.2 Å². The normalized spacial score (nSPS) is 11.0. The Morgan fingerprint density at radius 2 is 2.21 bits per heavy atom. The Balaban J connectivity index is 2.13. The lowest BCUT2D eigenvalue weighted by Gasteiger charge is -2.24. The fourth-order valence-electron chi connectivity index (χ4n) is 2.47. The van der Waals surface area contributed by atoms with Gasteiger partial charge >= 0.3 is 0 Å². The average Bonchev–Trinajstić information content (AvgIpc) is 2.97. The van der Waals surface area contributed by atoms with Crippen molar-refractivity contribution in [3.63, 3.8) is 0 Å². The highest BCUT2D eigenvalue weighted by molar-refractivity contribution is 6.30. The van der Waals surface area contributed by atoms with Crippen molar-refractivity contribution < 1.29 is 9.53 Å². The van der Waals surface area contributed by atoms with Crippen LogP contribution in [-0.2, 0) is 22.6 Å². The van der Waals surface area contributed by atoms with Crippen LogP contribution in [0.5, 0.6) is 0 Å². The van der Waals surface area contributed by atoms with Gasteiger partial charge in [-0.15, -0.1) is 0 Å². The summed E-state index contributed by atoms with van der Waals surface area (Å²) in [5.41, 5.74) is 1.10. The lowest BCUT2D eigenvalue weighted by atomic mass is 10.2. The molecule has 0 unspecified atom stereocenters. The van der Waals surface area contributed by atoms with E-state index in [0.29, 0.717) is 31.3 Å². The molecule has 2 aromatic rings. The van der Waals surface area contributed by atoms with Gasteiger partial charge in [0, 0.05) is 43.5 Å². The number of nitrogens with zero attached hydrogens (tertiary/aromatic N) is 3. The van der Waals surface area contributed by atoms with Gasteiger partial charge in [-0.1, -0.05) is 37.6 Å². The molecule has 1 aromatic heterocycles. The van der Waals surface area contributed by atoms with E-state index < -0.39 is 0 Å². The number of halogens is 1. The number of carbonyl (C=O) groups excluding carboxylic acids is 1. The summed E-state index contributed by atoms with van der Waals surface area (Å²) in [4.78, 5) is 18.6. The zero-order chi connectivity index (χ0) is 17.5. The average molecular weight is 350 g/mol. The van der Waals surface area contributed by atoms with Crippen LogP contribution in [0.15, 0.2) is 36.7 Å². The number of hydrogen-bond donors (Lipinski definition) is 0. The molecule has 130 valence electrons. The van der Waals surface area contributed by atoms with E-state index in [-0.39, 0.29) is 11.8 Å². The van der Waals surface area contributed by atoms with Crippen LogP contribution in [0.25, 0.3) is 0 Å². The van der Waals surface area contributed by atoms with E-state index in [4.69, 9.17) is 16.3 Å². The van der Waals surface area contributed by atoms with Crippen molar-refractivity contribution in [3.8, 4) is 0 Å². The third-order valence-corrected chi connectivity index (χ3v) is 3.98. The number of methoxy groups -OCH3 is 1. The molecule has 0 N–H and O–H groups in total. The van der Waals surface area contributed by atoms with E-state index >= 15 is 0 Å². The highest BCUT2D eigenvalue weighted by atomic mass is 35.5. The van der Waals surface area contributed by atoms with E-state index in [9.17, 15) is 4.79 Å². The molecule has 6 heteroatoms. The van der Waals surface area contributed by atoms with Crippen molar-refractivity contribution in [1.29, 1.82) is 0 Å². The van der Waals surface area contributed by atoms with Crippen LogP contribution in [-0.4, -0.2) is 40.6 Å². The van der Waals surface area contributed by atoms with Crippen LogP contribution in [0.2, 0.25) is 5.02 Å². The summed E-state index contributed by atoms with van der Waals surface area (Å²) >= 11 is 6.05. The van der Waals surface area contributed by atoms with Crippen molar-refractivity contribution in [2.45, 2.75) is 26.9 Å². The Morgan fingerprint density at radius 1 is 1.42 bits per heavy atom. The van der Waals surface area contributed by atoms with Gasteiger partial charge in [-0.05, 0) is 17.7 Å². The van der Waals surface area contributed by atoms with Gasteiger partial charge < -0.3 is 14.2 Å². The summed E-state index contributed by atoms with van der Waals surface area (Å²) in [5, 5.41) is 0.714. The first-order valence-corrected chi connectivity index (χ1v) is 8.41. The van der Waals surface area contributed by atoms with E-state index in [0.717, 1.165) is 11.4 Å². The summed E-state index contributed by atoms with van der Waals surface area (Å²) in [6, 6.07) is 7.75. The molecule has 0 saturated heterocycles. The van der Waals surface area contributed by atoms with E-state index in [2.05, 4.69) is 4.98 Å². The smallest absolute Gasteiger partial charge is 0.225 e. The minimum atomic E-state index is -0.0572. The fraction of sp³-hybridized carbons (Fsp3) is 0.444. The zero-order valence-corrected chi connectivity index (χ0v) is 15.2. The van der Waals surface area contributed by atoms with Crippen molar-refractivity contribution in [2.75, 3.05) is 20.3 Å². The molecule has 0 spiro atoms. The summed E-state index contributed by atoms with van der Waals surface area (Å²) in [6.07, 6.45) is 3.68. The minimum Gasteiger partial charge on any atom is -0.383 e. The van der Waals surface area contributed by atoms with Crippen molar-refractivity contribution in [1.82, 2.24) is 14.5 Å². The summed E-state index contributed by atoms with van der Waals surface area (Å²) < 4.78 is 7.17. The third kappa shape index (κ3) is 5.08. The number of ether oxygens (including phenoxy) is 1. The molecular weight excluding hydrogens is 326 g/mol. The number of hydrogen-bond acceptors (Lipinski definition) is 3. The molecular formula is C18H24ClN3O2. The van der Waals surface area contributed by atoms with E-state index in [1.807, 2.05) is 48.9 Å². The summed E-state index contributed by atoms with van der Waals surface area (Å²) in [5.74, 6) is 0.891. The Kier molecular flexibility index (Phi) is 6.82. The molecule has 0 fully saturated rings. The molecule has 0 aliphatic carbocycles. The van der Waals surface area contributed by atoms with Crippen LogP contribution in [0.1, 0.15) is 25.2 Å². The van der Waals surface area contributed by atoms with Gasteiger partial charge in [0.25, 0.3) is 0 Å². The number of imidazole rings is 1.